The van der Waals surface area contributed by atoms with Crippen molar-refractivity contribution in [1.29, 1.82) is 0 Å². The molecular formula is C14H14FN3. The summed E-state index contributed by atoms with van der Waals surface area (Å²) in [5, 5.41) is 0.970. The van der Waals surface area contributed by atoms with Crippen LogP contribution < -0.4 is 4.90 Å². The fraction of sp³-hybridized carbons (Fsp3) is 0.429. The van der Waals surface area contributed by atoms with E-state index < -0.39 is 0 Å². The van der Waals surface area contributed by atoms with Crippen LogP contribution in [-0.4, -0.2) is 22.1 Å². The van der Waals surface area contributed by atoms with Gasteiger partial charge in [-0.05, 0) is 37.8 Å². The van der Waals surface area contributed by atoms with Crippen LogP contribution in [0.2, 0.25) is 0 Å². The van der Waals surface area contributed by atoms with Crippen molar-refractivity contribution in [2.45, 2.75) is 37.8 Å². The Balaban J connectivity index is 1.90. The summed E-state index contributed by atoms with van der Waals surface area (Å²) in [6, 6.07) is 6.03. The van der Waals surface area contributed by atoms with Crippen molar-refractivity contribution in [1.82, 2.24) is 9.97 Å². The standard InChI is InChI=1S/C14H14FN3/c15-9-1-6-12-13(7-9)16-8-17-14(12)18-10-2-3-11(18)5-4-10/h1,6-8,10-11H,2-5H2. The topological polar surface area (TPSA) is 29.0 Å². The molecule has 4 rings (SSSR count). The van der Waals surface area contributed by atoms with E-state index in [-0.39, 0.29) is 5.82 Å². The highest BCUT2D eigenvalue weighted by Crippen LogP contribution is 2.41. The highest BCUT2D eigenvalue weighted by atomic mass is 19.1. The second-order valence-electron chi connectivity index (χ2n) is 5.23. The third-order valence-electron chi connectivity index (χ3n) is 4.28. The van der Waals surface area contributed by atoms with Gasteiger partial charge in [0.1, 0.15) is 18.0 Å². The summed E-state index contributed by atoms with van der Waals surface area (Å²) in [5.41, 5.74) is 0.700. The zero-order valence-corrected chi connectivity index (χ0v) is 10.0. The molecular weight excluding hydrogens is 229 g/mol. The molecule has 3 heterocycles. The predicted molar refractivity (Wildman–Crippen MR) is 68.0 cm³/mol. The molecule has 0 unspecified atom stereocenters. The second kappa shape index (κ2) is 3.64. The van der Waals surface area contributed by atoms with Gasteiger partial charge >= 0.3 is 0 Å². The lowest BCUT2D eigenvalue weighted by molar-refractivity contribution is 0.576. The Morgan fingerprint density at radius 2 is 1.78 bits per heavy atom. The Morgan fingerprint density at radius 3 is 2.50 bits per heavy atom. The van der Waals surface area contributed by atoms with Gasteiger partial charge < -0.3 is 4.90 Å². The molecule has 0 atom stereocenters. The first kappa shape index (κ1) is 10.2. The summed E-state index contributed by atoms with van der Waals surface area (Å²) in [6.45, 7) is 0. The molecule has 2 bridgehead atoms. The maximum atomic E-state index is 13.2. The van der Waals surface area contributed by atoms with Gasteiger partial charge in [-0.25, -0.2) is 14.4 Å². The average Bonchev–Trinajstić information content (AvgIpc) is 2.97. The average molecular weight is 243 g/mol. The molecule has 92 valence electrons. The quantitative estimate of drug-likeness (QED) is 0.771. The lowest BCUT2D eigenvalue weighted by Crippen LogP contribution is -2.29. The fourth-order valence-electron chi connectivity index (χ4n) is 3.48. The Morgan fingerprint density at radius 1 is 1.06 bits per heavy atom. The number of benzene rings is 1. The summed E-state index contributed by atoms with van der Waals surface area (Å²) in [5.74, 6) is 0.751. The van der Waals surface area contributed by atoms with Crippen LogP contribution in [0.1, 0.15) is 25.7 Å². The van der Waals surface area contributed by atoms with E-state index in [2.05, 4.69) is 14.9 Å². The van der Waals surface area contributed by atoms with Crippen molar-refractivity contribution in [3.05, 3.63) is 30.3 Å². The first-order valence-electron chi connectivity index (χ1n) is 6.51. The van der Waals surface area contributed by atoms with Crippen molar-refractivity contribution in [2.24, 2.45) is 0 Å². The molecule has 2 aromatic rings. The van der Waals surface area contributed by atoms with E-state index in [0.29, 0.717) is 17.6 Å². The number of hydrogen-bond acceptors (Lipinski definition) is 3. The number of nitrogens with zero attached hydrogens (tertiary/aromatic N) is 3. The van der Waals surface area contributed by atoms with Gasteiger partial charge in [0.25, 0.3) is 0 Å². The summed E-state index contributed by atoms with van der Waals surface area (Å²) in [7, 11) is 0. The minimum atomic E-state index is -0.239. The Bertz CT molecular complexity index is 593. The van der Waals surface area contributed by atoms with Gasteiger partial charge in [-0.3, -0.25) is 0 Å². The van der Waals surface area contributed by atoms with Crippen molar-refractivity contribution in [3.8, 4) is 0 Å². The van der Waals surface area contributed by atoms with Crippen LogP contribution in [-0.2, 0) is 0 Å². The maximum absolute atomic E-state index is 13.2. The number of anilines is 1. The molecule has 0 aliphatic carbocycles. The molecule has 1 aromatic carbocycles. The molecule has 2 fully saturated rings. The molecule has 0 N–H and O–H groups in total. The Labute approximate surface area is 105 Å². The molecule has 0 saturated carbocycles. The van der Waals surface area contributed by atoms with Crippen molar-refractivity contribution in [2.75, 3.05) is 4.90 Å². The number of halogens is 1. The molecule has 2 saturated heterocycles. The summed E-state index contributed by atoms with van der Waals surface area (Å²) >= 11 is 0. The molecule has 18 heavy (non-hydrogen) atoms. The molecule has 2 aliphatic heterocycles. The predicted octanol–water partition coefficient (Wildman–Crippen LogP) is 2.90. The second-order valence-corrected chi connectivity index (χ2v) is 5.23. The molecule has 3 nitrogen and oxygen atoms in total. The van der Waals surface area contributed by atoms with Gasteiger partial charge in [0.2, 0.25) is 0 Å². The Hall–Kier alpha value is -1.71. The molecule has 4 heteroatoms. The molecule has 1 aromatic heterocycles. The maximum Gasteiger partial charge on any atom is 0.140 e. The van der Waals surface area contributed by atoms with E-state index in [0.717, 1.165) is 11.2 Å². The molecule has 0 spiro atoms. The minimum Gasteiger partial charge on any atom is -0.350 e. The summed E-state index contributed by atoms with van der Waals surface area (Å²) < 4.78 is 13.2. The van der Waals surface area contributed by atoms with Crippen LogP contribution >= 0.6 is 0 Å². The van der Waals surface area contributed by atoms with Gasteiger partial charge in [-0.2, -0.15) is 0 Å². The van der Waals surface area contributed by atoms with Gasteiger partial charge in [-0.15, -0.1) is 0 Å². The van der Waals surface area contributed by atoms with Gasteiger partial charge in [0, 0.05) is 23.5 Å². The van der Waals surface area contributed by atoms with Crippen LogP contribution in [0.15, 0.2) is 24.5 Å². The van der Waals surface area contributed by atoms with Gasteiger partial charge in [0.05, 0.1) is 5.52 Å². The van der Waals surface area contributed by atoms with Crippen molar-refractivity contribution < 1.29 is 4.39 Å². The number of hydrogen-bond donors (Lipinski definition) is 0. The zero-order valence-electron chi connectivity index (χ0n) is 10.0. The smallest absolute Gasteiger partial charge is 0.140 e. The summed E-state index contributed by atoms with van der Waals surface area (Å²) in [6.07, 6.45) is 6.60. The molecule has 0 radical (unpaired) electrons. The van der Waals surface area contributed by atoms with Crippen molar-refractivity contribution >= 4 is 16.7 Å². The third-order valence-corrected chi connectivity index (χ3v) is 4.28. The fourth-order valence-corrected chi connectivity index (χ4v) is 3.48. The van der Waals surface area contributed by atoms with E-state index in [1.54, 1.807) is 12.4 Å². The first-order chi connectivity index (χ1) is 8.83. The van der Waals surface area contributed by atoms with Crippen LogP contribution in [0, 0.1) is 5.82 Å². The lowest BCUT2D eigenvalue weighted by atomic mass is 10.0. The van der Waals surface area contributed by atoms with E-state index in [9.17, 15) is 4.39 Å². The third kappa shape index (κ3) is 1.35. The van der Waals surface area contributed by atoms with Crippen LogP contribution in [0.4, 0.5) is 10.2 Å². The van der Waals surface area contributed by atoms with E-state index in [4.69, 9.17) is 0 Å². The zero-order chi connectivity index (χ0) is 12.1. The first-order valence-corrected chi connectivity index (χ1v) is 6.51. The van der Waals surface area contributed by atoms with Crippen LogP contribution in [0.5, 0.6) is 0 Å². The number of aromatic nitrogens is 2. The highest BCUT2D eigenvalue weighted by molar-refractivity contribution is 5.89. The monoisotopic (exact) mass is 243 g/mol. The molecule has 2 aliphatic rings. The lowest BCUT2D eigenvalue weighted by Gasteiger charge is -2.24. The van der Waals surface area contributed by atoms with E-state index >= 15 is 0 Å². The number of rotatable bonds is 1. The minimum absolute atomic E-state index is 0.239. The molecule has 0 amide bonds. The Kier molecular flexibility index (Phi) is 2.07. The SMILES string of the molecule is Fc1ccc2c(N3C4CCC3CC4)ncnc2c1. The summed E-state index contributed by atoms with van der Waals surface area (Å²) in [4.78, 5) is 11.1. The largest absolute Gasteiger partial charge is 0.350 e. The van der Waals surface area contributed by atoms with Crippen LogP contribution in [0.3, 0.4) is 0 Å². The van der Waals surface area contributed by atoms with E-state index in [1.807, 2.05) is 0 Å². The van der Waals surface area contributed by atoms with Gasteiger partial charge in [0.15, 0.2) is 0 Å². The highest BCUT2D eigenvalue weighted by Gasteiger charge is 2.40. The normalized spacial score (nSPS) is 26.2. The van der Waals surface area contributed by atoms with Gasteiger partial charge in [-0.1, -0.05) is 0 Å². The van der Waals surface area contributed by atoms with E-state index in [1.165, 1.54) is 37.8 Å². The number of fused-ring (bicyclic) bond motifs is 3. The van der Waals surface area contributed by atoms with Crippen molar-refractivity contribution in [3.63, 3.8) is 0 Å². The van der Waals surface area contributed by atoms with Crippen LogP contribution in [0.25, 0.3) is 10.9 Å².